The van der Waals surface area contributed by atoms with Gasteiger partial charge in [0.15, 0.2) is 0 Å². The highest BCUT2D eigenvalue weighted by Crippen LogP contribution is 2.41. The highest BCUT2D eigenvalue weighted by atomic mass is 32.1. The molecule has 7 heteroatoms. The van der Waals surface area contributed by atoms with Crippen molar-refractivity contribution in [2.24, 2.45) is 7.05 Å². The highest BCUT2D eigenvalue weighted by Gasteiger charge is 2.29. The summed E-state index contributed by atoms with van der Waals surface area (Å²) in [6.07, 6.45) is 3.95. The van der Waals surface area contributed by atoms with Gasteiger partial charge in [-0.05, 0) is 60.3 Å². The van der Waals surface area contributed by atoms with Gasteiger partial charge < -0.3 is 9.13 Å². The lowest BCUT2D eigenvalue weighted by molar-refractivity contribution is 0.632. The van der Waals surface area contributed by atoms with Crippen molar-refractivity contribution in [1.29, 1.82) is 0 Å². The van der Waals surface area contributed by atoms with E-state index in [-0.39, 0.29) is 16.8 Å². The maximum absolute atomic E-state index is 15.1. The number of halogens is 1. The predicted octanol–water partition coefficient (Wildman–Crippen LogP) is 4.54. The summed E-state index contributed by atoms with van der Waals surface area (Å²) in [6, 6.07) is 11.1. The average Bonchev–Trinajstić information content (AvgIpc) is 3.38. The van der Waals surface area contributed by atoms with E-state index >= 15 is 4.39 Å². The monoisotopic (exact) mass is 405 g/mol. The zero-order valence-electron chi connectivity index (χ0n) is 15.5. The topological polar surface area (TPSA) is 59.8 Å². The molecule has 5 aromatic rings. The van der Waals surface area contributed by atoms with Crippen molar-refractivity contribution in [3.63, 3.8) is 0 Å². The second-order valence-electron chi connectivity index (χ2n) is 7.69. The Morgan fingerprint density at radius 1 is 1.10 bits per heavy atom. The van der Waals surface area contributed by atoms with Crippen LogP contribution < -0.4 is 11.0 Å². The van der Waals surface area contributed by atoms with Crippen LogP contribution in [0.25, 0.3) is 43.1 Å². The van der Waals surface area contributed by atoms with Crippen molar-refractivity contribution in [3.8, 4) is 11.1 Å². The molecule has 1 saturated carbocycles. The quantitative estimate of drug-likeness (QED) is 0.469. The number of fused-ring (bicyclic) bond motifs is 3. The molecule has 0 spiro atoms. The van der Waals surface area contributed by atoms with Gasteiger partial charge in [-0.15, -0.1) is 0 Å². The van der Waals surface area contributed by atoms with E-state index in [1.165, 1.54) is 17.6 Å². The van der Waals surface area contributed by atoms with Crippen LogP contribution in [0, 0.1) is 5.82 Å². The van der Waals surface area contributed by atoms with Crippen LogP contribution in [0.1, 0.15) is 18.9 Å². The van der Waals surface area contributed by atoms with Gasteiger partial charge in [-0.1, -0.05) is 6.07 Å². The Hall–Kier alpha value is -3.19. The summed E-state index contributed by atoms with van der Waals surface area (Å²) < 4.78 is 21.9. The van der Waals surface area contributed by atoms with E-state index in [4.69, 9.17) is 0 Å². The van der Waals surface area contributed by atoms with E-state index in [9.17, 15) is 9.59 Å². The molecule has 6 rings (SSSR count). The molecule has 1 fully saturated rings. The first-order valence-corrected chi connectivity index (χ1v) is 10.3. The van der Waals surface area contributed by atoms with Gasteiger partial charge in [-0.3, -0.25) is 14.0 Å². The lowest BCUT2D eigenvalue weighted by atomic mass is 10.0. The van der Waals surface area contributed by atoms with Crippen molar-refractivity contribution >= 4 is 43.6 Å². The van der Waals surface area contributed by atoms with Crippen molar-refractivity contribution in [2.75, 3.05) is 0 Å². The van der Waals surface area contributed by atoms with E-state index in [2.05, 4.69) is 4.37 Å². The molecule has 0 radical (unpaired) electrons. The van der Waals surface area contributed by atoms with Crippen LogP contribution >= 0.6 is 11.5 Å². The largest absolute Gasteiger partial charge is 0.351 e. The van der Waals surface area contributed by atoms with Gasteiger partial charge in [-0.2, -0.15) is 0 Å². The van der Waals surface area contributed by atoms with Gasteiger partial charge in [-0.25, -0.2) is 4.39 Å². The van der Waals surface area contributed by atoms with Crippen LogP contribution in [0.5, 0.6) is 0 Å². The van der Waals surface area contributed by atoms with Gasteiger partial charge >= 0.3 is 0 Å². The molecule has 0 bridgehead atoms. The third-order valence-electron chi connectivity index (χ3n) is 5.82. The number of pyridine rings is 1. The first kappa shape index (κ1) is 16.7. The Labute approximate surface area is 167 Å². The van der Waals surface area contributed by atoms with E-state index in [0.29, 0.717) is 15.9 Å². The molecular formula is C22H16FN3O2S. The molecule has 2 aromatic carbocycles. The summed E-state index contributed by atoms with van der Waals surface area (Å²) >= 11 is 1.18. The van der Waals surface area contributed by atoms with E-state index in [1.54, 1.807) is 6.07 Å². The minimum Gasteiger partial charge on any atom is -0.351 e. The zero-order valence-corrected chi connectivity index (χ0v) is 16.3. The molecule has 0 unspecified atom stereocenters. The van der Waals surface area contributed by atoms with Crippen molar-refractivity contribution in [1.82, 2.24) is 13.5 Å². The molecule has 1 aliphatic carbocycles. The van der Waals surface area contributed by atoms with Crippen LogP contribution in [0.2, 0.25) is 0 Å². The van der Waals surface area contributed by atoms with Gasteiger partial charge in [0.05, 0.1) is 5.52 Å². The van der Waals surface area contributed by atoms with E-state index in [0.717, 1.165) is 29.3 Å². The lowest BCUT2D eigenvalue weighted by Gasteiger charge is -2.14. The summed E-state index contributed by atoms with van der Waals surface area (Å²) in [5, 5.41) is 1.42. The molecule has 1 N–H and O–H groups in total. The smallest absolute Gasteiger partial charge is 0.271 e. The van der Waals surface area contributed by atoms with E-state index in [1.807, 2.05) is 46.6 Å². The molecule has 3 aromatic heterocycles. The lowest BCUT2D eigenvalue weighted by Crippen LogP contribution is -2.15. The number of aryl methyl sites for hydroxylation is 1. The minimum atomic E-state index is -0.460. The molecule has 5 nitrogen and oxygen atoms in total. The Kier molecular flexibility index (Phi) is 3.27. The molecule has 0 saturated heterocycles. The van der Waals surface area contributed by atoms with Crippen molar-refractivity contribution in [2.45, 2.75) is 18.9 Å². The Balaban J connectivity index is 1.71. The number of rotatable bonds is 2. The third kappa shape index (κ3) is 2.31. The van der Waals surface area contributed by atoms with Gasteiger partial charge in [0.25, 0.3) is 5.56 Å². The van der Waals surface area contributed by atoms with Crippen LogP contribution in [0.3, 0.4) is 0 Å². The number of H-pyrrole nitrogens is 1. The van der Waals surface area contributed by atoms with Gasteiger partial charge in [0, 0.05) is 41.1 Å². The van der Waals surface area contributed by atoms with Crippen LogP contribution in [-0.4, -0.2) is 13.5 Å². The number of nitrogens with one attached hydrogen (secondary N) is 1. The summed E-state index contributed by atoms with van der Waals surface area (Å²) in [6.45, 7) is 0. The Morgan fingerprint density at radius 3 is 2.72 bits per heavy atom. The number of hydrogen-bond donors (Lipinski definition) is 1. The first-order chi connectivity index (χ1) is 14.0. The van der Waals surface area contributed by atoms with Crippen LogP contribution in [0.15, 0.2) is 52.2 Å². The molecule has 3 heterocycles. The van der Waals surface area contributed by atoms with Gasteiger partial charge in [0.1, 0.15) is 16.0 Å². The van der Waals surface area contributed by atoms with E-state index < -0.39 is 16.8 Å². The number of nitrogens with zero attached hydrogens (tertiary/aromatic N) is 2. The van der Waals surface area contributed by atoms with Crippen molar-refractivity contribution in [3.05, 3.63) is 69.0 Å². The number of aromatic nitrogens is 3. The maximum atomic E-state index is 15.1. The van der Waals surface area contributed by atoms with Gasteiger partial charge in [0.2, 0.25) is 5.43 Å². The normalized spacial score (nSPS) is 14.4. The molecule has 29 heavy (non-hydrogen) atoms. The van der Waals surface area contributed by atoms with Crippen molar-refractivity contribution < 1.29 is 4.39 Å². The molecule has 144 valence electrons. The zero-order chi connectivity index (χ0) is 19.9. The predicted molar refractivity (Wildman–Crippen MR) is 114 cm³/mol. The van der Waals surface area contributed by atoms with Crippen LogP contribution in [0.4, 0.5) is 4.39 Å². The summed E-state index contributed by atoms with van der Waals surface area (Å²) in [5.74, 6) is -0.460. The standard InChI is InChI=1S/C22H16FN3O2S/c1-25-7-6-12-8-11(2-5-17(12)25)14-10-18-15(9-16(14)23)20(27)19-21(28)24-29-22(19)26(18)13-3-4-13/h2,5-10,13H,3-4H2,1H3,(H,24,28). The summed E-state index contributed by atoms with van der Waals surface area (Å²) in [4.78, 5) is 25.8. The highest BCUT2D eigenvalue weighted by molar-refractivity contribution is 7.12. The third-order valence-corrected chi connectivity index (χ3v) is 6.71. The Bertz CT molecular complexity index is 1580. The number of benzene rings is 2. The minimum absolute atomic E-state index is 0.132. The number of hydrogen-bond acceptors (Lipinski definition) is 3. The second-order valence-corrected chi connectivity index (χ2v) is 8.49. The SMILES string of the molecule is Cn1ccc2cc(-c3cc4c(cc3F)c(=O)c3c(=O)[nH]sc3n4C3CC3)ccc21. The molecule has 0 atom stereocenters. The first-order valence-electron chi connectivity index (χ1n) is 9.47. The molecule has 1 aliphatic rings. The maximum Gasteiger partial charge on any atom is 0.271 e. The second kappa shape index (κ2) is 5.67. The fourth-order valence-electron chi connectivity index (χ4n) is 4.22. The molecule has 0 amide bonds. The molecular weight excluding hydrogens is 389 g/mol. The van der Waals surface area contributed by atoms with Crippen LogP contribution in [-0.2, 0) is 7.05 Å². The number of aromatic amines is 1. The fourth-order valence-corrected chi connectivity index (χ4v) is 5.14. The average molecular weight is 405 g/mol. The fraction of sp³-hybridized carbons (Fsp3) is 0.182. The Morgan fingerprint density at radius 2 is 1.93 bits per heavy atom. The summed E-state index contributed by atoms with van der Waals surface area (Å²) in [7, 11) is 1.97. The summed E-state index contributed by atoms with van der Waals surface area (Å²) in [5.41, 5.74) is 2.18. The molecule has 0 aliphatic heterocycles.